The first kappa shape index (κ1) is 11.9. The Labute approximate surface area is 114 Å². The van der Waals surface area contributed by atoms with E-state index in [0.717, 1.165) is 11.3 Å². The Morgan fingerprint density at radius 3 is 2.58 bits per heavy atom. The second kappa shape index (κ2) is 4.82. The van der Waals surface area contributed by atoms with Crippen LogP contribution < -0.4 is 0 Å². The van der Waals surface area contributed by atoms with Crippen molar-refractivity contribution in [1.82, 2.24) is 15.0 Å². The maximum Gasteiger partial charge on any atom is 0.141 e. The van der Waals surface area contributed by atoms with E-state index < -0.39 is 5.82 Å². The Hall–Kier alpha value is -2.20. The van der Waals surface area contributed by atoms with Crippen LogP contribution in [0.2, 0.25) is 5.02 Å². The molecule has 0 saturated carbocycles. The predicted molar refractivity (Wildman–Crippen MR) is 71.8 cm³/mol. The molecule has 2 aromatic carbocycles. The van der Waals surface area contributed by atoms with Crippen molar-refractivity contribution in [3.05, 3.63) is 65.6 Å². The van der Waals surface area contributed by atoms with Gasteiger partial charge in [-0.05, 0) is 18.2 Å². The van der Waals surface area contributed by atoms with Crippen LogP contribution in [-0.4, -0.2) is 15.0 Å². The fourth-order valence-electron chi connectivity index (χ4n) is 1.76. The van der Waals surface area contributed by atoms with Gasteiger partial charge < -0.3 is 0 Å². The van der Waals surface area contributed by atoms with Crippen LogP contribution in [0.5, 0.6) is 0 Å². The molecule has 19 heavy (non-hydrogen) atoms. The van der Waals surface area contributed by atoms with Gasteiger partial charge in [0, 0.05) is 5.56 Å². The summed E-state index contributed by atoms with van der Waals surface area (Å²) in [5, 5.41) is 8.17. The normalized spacial score (nSPS) is 10.6. The molecule has 0 aliphatic heterocycles. The van der Waals surface area contributed by atoms with Crippen LogP contribution in [0.25, 0.3) is 16.9 Å². The summed E-state index contributed by atoms with van der Waals surface area (Å²) < 4.78 is 14.7. The second-order valence-electron chi connectivity index (χ2n) is 4.01. The fraction of sp³-hybridized carbons (Fsp3) is 0. The van der Waals surface area contributed by atoms with E-state index in [4.69, 9.17) is 11.6 Å². The molecule has 0 spiro atoms. The number of nitrogens with zero attached hydrogens (tertiary/aromatic N) is 3. The van der Waals surface area contributed by atoms with Gasteiger partial charge in [-0.25, -0.2) is 9.07 Å². The summed E-state index contributed by atoms with van der Waals surface area (Å²) in [5.74, 6) is -0.450. The molecule has 94 valence electrons. The van der Waals surface area contributed by atoms with E-state index in [1.54, 1.807) is 16.9 Å². The topological polar surface area (TPSA) is 30.7 Å². The first-order chi connectivity index (χ1) is 9.24. The Kier molecular flexibility index (Phi) is 3.01. The molecule has 0 unspecified atom stereocenters. The summed E-state index contributed by atoms with van der Waals surface area (Å²) in [7, 11) is 0. The highest BCUT2D eigenvalue weighted by atomic mass is 35.5. The van der Waals surface area contributed by atoms with Crippen LogP contribution in [0.4, 0.5) is 4.39 Å². The molecular formula is C14H9ClFN3. The van der Waals surface area contributed by atoms with Crippen LogP contribution >= 0.6 is 11.6 Å². The van der Waals surface area contributed by atoms with Crippen molar-refractivity contribution < 1.29 is 4.39 Å². The smallest absolute Gasteiger partial charge is 0.141 e. The van der Waals surface area contributed by atoms with E-state index in [-0.39, 0.29) is 5.02 Å². The summed E-state index contributed by atoms with van der Waals surface area (Å²) in [6.45, 7) is 0. The molecule has 1 heterocycles. The molecule has 5 heteroatoms. The number of benzene rings is 2. The molecule has 1 aromatic heterocycles. The Morgan fingerprint density at radius 1 is 1.05 bits per heavy atom. The van der Waals surface area contributed by atoms with Gasteiger partial charge in [0.15, 0.2) is 0 Å². The number of rotatable bonds is 2. The van der Waals surface area contributed by atoms with Crippen LogP contribution in [0.3, 0.4) is 0 Å². The van der Waals surface area contributed by atoms with Gasteiger partial charge >= 0.3 is 0 Å². The lowest BCUT2D eigenvalue weighted by molar-refractivity contribution is 0.627. The van der Waals surface area contributed by atoms with E-state index in [2.05, 4.69) is 10.3 Å². The lowest BCUT2D eigenvalue weighted by Gasteiger charge is -2.00. The fourth-order valence-corrected chi connectivity index (χ4v) is 1.93. The molecule has 3 aromatic rings. The van der Waals surface area contributed by atoms with Gasteiger partial charge in [0.05, 0.1) is 16.9 Å². The lowest BCUT2D eigenvalue weighted by Crippen LogP contribution is -1.95. The van der Waals surface area contributed by atoms with Crippen molar-refractivity contribution in [2.45, 2.75) is 0 Å². The minimum absolute atomic E-state index is 0.0641. The third-order valence-corrected chi connectivity index (χ3v) is 3.02. The summed E-state index contributed by atoms with van der Waals surface area (Å²) in [5.41, 5.74) is 2.39. The first-order valence-corrected chi connectivity index (χ1v) is 6.05. The van der Waals surface area contributed by atoms with E-state index in [1.807, 2.05) is 30.3 Å². The third-order valence-electron chi connectivity index (χ3n) is 2.73. The second-order valence-corrected chi connectivity index (χ2v) is 4.42. The van der Waals surface area contributed by atoms with E-state index in [1.165, 1.54) is 12.1 Å². The predicted octanol–water partition coefficient (Wildman–Crippen LogP) is 3.73. The largest absolute Gasteiger partial charge is 0.220 e. The van der Waals surface area contributed by atoms with Gasteiger partial charge in [0.2, 0.25) is 0 Å². The molecule has 0 aliphatic rings. The van der Waals surface area contributed by atoms with Gasteiger partial charge in [0.25, 0.3) is 0 Å². The van der Waals surface area contributed by atoms with Crippen LogP contribution in [0.1, 0.15) is 0 Å². The molecule has 0 N–H and O–H groups in total. The Balaban J connectivity index is 1.99. The van der Waals surface area contributed by atoms with Gasteiger partial charge in [-0.1, -0.05) is 47.1 Å². The average Bonchev–Trinajstić information content (AvgIpc) is 2.93. The minimum atomic E-state index is -0.450. The van der Waals surface area contributed by atoms with E-state index in [0.29, 0.717) is 5.69 Å². The zero-order valence-electron chi connectivity index (χ0n) is 9.79. The maximum absolute atomic E-state index is 13.1. The van der Waals surface area contributed by atoms with Crippen molar-refractivity contribution >= 4 is 11.6 Å². The van der Waals surface area contributed by atoms with Gasteiger partial charge in [-0.15, -0.1) is 5.10 Å². The standard InChI is InChI=1S/C14H9ClFN3/c15-12-8-11(6-7-13(12)16)19-9-14(17-18-19)10-4-2-1-3-5-10/h1-9H. The highest BCUT2D eigenvalue weighted by Gasteiger charge is 2.07. The summed E-state index contributed by atoms with van der Waals surface area (Å²) in [6, 6.07) is 14.1. The maximum atomic E-state index is 13.1. The van der Waals surface area contributed by atoms with Crippen molar-refractivity contribution in [1.29, 1.82) is 0 Å². The van der Waals surface area contributed by atoms with E-state index in [9.17, 15) is 4.39 Å². The summed E-state index contributed by atoms with van der Waals surface area (Å²) >= 11 is 5.75. The van der Waals surface area contributed by atoms with Gasteiger partial charge in [-0.3, -0.25) is 0 Å². The molecule has 0 amide bonds. The molecule has 3 rings (SSSR count). The van der Waals surface area contributed by atoms with Crippen molar-refractivity contribution in [3.63, 3.8) is 0 Å². The minimum Gasteiger partial charge on any atom is -0.220 e. The lowest BCUT2D eigenvalue weighted by atomic mass is 10.2. The molecule has 0 bridgehead atoms. The quantitative estimate of drug-likeness (QED) is 0.712. The molecule has 0 atom stereocenters. The van der Waals surface area contributed by atoms with Crippen LogP contribution in [-0.2, 0) is 0 Å². The number of hydrogen-bond acceptors (Lipinski definition) is 2. The molecule has 0 saturated heterocycles. The highest BCUT2D eigenvalue weighted by molar-refractivity contribution is 6.30. The average molecular weight is 274 g/mol. The SMILES string of the molecule is Fc1ccc(-n2cc(-c3ccccc3)nn2)cc1Cl. The monoisotopic (exact) mass is 273 g/mol. The summed E-state index contributed by atoms with van der Waals surface area (Å²) in [4.78, 5) is 0. The third kappa shape index (κ3) is 2.35. The molecule has 3 nitrogen and oxygen atoms in total. The summed E-state index contributed by atoms with van der Waals surface area (Å²) in [6.07, 6.45) is 1.78. The van der Waals surface area contributed by atoms with Gasteiger partial charge in [0.1, 0.15) is 11.5 Å². The van der Waals surface area contributed by atoms with Crippen molar-refractivity contribution in [3.8, 4) is 16.9 Å². The molecule has 0 fully saturated rings. The zero-order chi connectivity index (χ0) is 13.2. The van der Waals surface area contributed by atoms with Crippen molar-refractivity contribution in [2.75, 3.05) is 0 Å². The Morgan fingerprint density at radius 2 is 1.84 bits per heavy atom. The van der Waals surface area contributed by atoms with Crippen molar-refractivity contribution in [2.24, 2.45) is 0 Å². The number of hydrogen-bond donors (Lipinski definition) is 0. The van der Waals surface area contributed by atoms with Crippen LogP contribution in [0.15, 0.2) is 54.7 Å². The van der Waals surface area contributed by atoms with Crippen LogP contribution in [0, 0.1) is 5.82 Å². The Bertz CT molecular complexity index is 710. The molecule has 0 aliphatic carbocycles. The number of aromatic nitrogens is 3. The first-order valence-electron chi connectivity index (χ1n) is 5.67. The molecule has 0 radical (unpaired) electrons. The number of halogens is 2. The highest BCUT2D eigenvalue weighted by Crippen LogP contribution is 2.20. The van der Waals surface area contributed by atoms with Gasteiger partial charge in [-0.2, -0.15) is 0 Å². The van der Waals surface area contributed by atoms with E-state index >= 15 is 0 Å². The zero-order valence-corrected chi connectivity index (χ0v) is 10.5. The molecular weight excluding hydrogens is 265 g/mol.